The summed E-state index contributed by atoms with van der Waals surface area (Å²) >= 11 is 1.32. The molecule has 4 nitrogen and oxygen atoms in total. The fourth-order valence-corrected chi connectivity index (χ4v) is 2.74. The molecule has 0 unspecified atom stereocenters. The fourth-order valence-electron chi connectivity index (χ4n) is 1.67. The minimum atomic E-state index is -0.875. The minimum absolute atomic E-state index is 0.0194. The Labute approximate surface area is 116 Å². The normalized spacial score (nSPS) is 10.2. The number of hydrogen-bond acceptors (Lipinski definition) is 4. The molecule has 0 bridgehead atoms. The highest BCUT2D eigenvalue weighted by atomic mass is 32.1. The van der Waals surface area contributed by atoms with E-state index in [4.69, 9.17) is 9.84 Å². The lowest BCUT2D eigenvalue weighted by atomic mass is 10.1. The maximum atomic E-state index is 12.1. The van der Waals surface area contributed by atoms with E-state index in [1.54, 1.807) is 6.08 Å². The zero-order chi connectivity index (χ0) is 14.3. The number of allylic oxidation sites excluding steroid dienone is 1. The average molecular weight is 282 g/mol. The predicted molar refractivity (Wildman–Crippen MR) is 75.2 cm³/mol. The quantitative estimate of drug-likeness (QED) is 0.557. The van der Waals surface area contributed by atoms with E-state index < -0.39 is 5.97 Å². The van der Waals surface area contributed by atoms with Gasteiger partial charge in [0, 0.05) is 12.8 Å². The van der Waals surface area contributed by atoms with E-state index in [2.05, 4.69) is 6.58 Å². The Bertz CT molecular complexity index is 462. The van der Waals surface area contributed by atoms with Crippen LogP contribution in [0, 0.1) is 0 Å². The molecule has 0 aliphatic carbocycles. The van der Waals surface area contributed by atoms with E-state index in [1.807, 2.05) is 13.0 Å². The lowest BCUT2D eigenvalue weighted by molar-refractivity contribution is -0.137. The highest BCUT2D eigenvalue weighted by molar-refractivity contribution is 7.16. The number of carboxylic acids is 1. The van der Waals surface area contributed by atoms with E-state index in [0.717, 1.165) is 10.6 Å². The van der Waals surface area contributed by atoms with Crippen molar-refractivity contribution in [2.75, 3.05) is 6.61 Å². The van der Waals surface area contributed by atoms with Crippen LogP contribution in [0.4, 0.5) is 0 Å². The summed E-state index contributed by atoms with van der Waals surface area (Å²) in [6.07, 6.45) is 2.99. The molecule has 1 aromatic rings. The molecule has 104 valence electrons. The molecule has 0 radical (unpaired) electrons. The molecule has 0 spiro atoms. The highest BCUT2D eigenvalue weighted by Crippen LogP contribution is 2.31. The summed E-state index contributed by atoms with van der Waals surface area (Å²) in [6, 6.07) is 1.86. The van der Waals surface area contributed by atoms with Gasteiger partial charge in [-0.3, -0.25) is 9.59 Å². The van der Waals surface area contributed by atoms with Crippen molar-refractivity contribution >= 4 is 23.1 Å². The number of thiophene rings is 1. The Morgan fingerprint density at radius 3 is 2.79 bits per heavy atom. The number of carbonyl (C=O) groups is 2. The first-order valence-electron chi connectivity index (χ1n) is 6.19. The first-order valence-corrected chi connectivity index (χ1v) is 7.01. The number of aliphatic carboxylic acids is 1. The molecule has 1 rings (SSSR count). The third-order valence-corrected chi connectivity index (χ3v) is 3.62. The molecule has 1 heterocycles. The molecule has 0 amide bonds. The SMILES string of the molecule is C=CCc1cc(OCC)sc1C(=O)CCCC(=O)O. The summed E-state index contributed by atoms with van der Waals surface area (Å²) in [4.78, 5) is 23.2. The van der Waals surface area contributed by atoms with Crippen LogP contribution in [0.2, 0.25) is 0 Å². The number of carboxylic acid groups (broad SMARTS) is 1. The van der Waals surface area contributed by atoms with Crippen molar-refractivity contribution in [1.29, 1.82) is 0 Å². The van der Waals surface area contributed by atoms with Crippen molar-refractivity contribution in [3.05, 3.63) is 29.2 Å². The molecule has 19 heavy (non-hydrogen) atoms. The lowest BCUT2D eigenvalue weighted by Gasteiger charge is -1.99. The number of ketones is 1. The Morgan fingerprint density at radius 2 is 2.21 bits per heavy atom. The van der Waals surface area contributed by atoms with Crippen molar-refractivity contribution in [3.8, 4) is 5.06 Å². The summed E-state index contributed by atoms with van der Waals surface area (Å²) in [6.45, 7) is 6.12. The van der Waals surface area contributed by atoms with Crippen LogP contribution in [-0.2, 0) is 11.2 Å². The van der Waals surface area contributed by atoms with Crippen LogP contribution in [0.3, 0.4) is 0 Å². The van der Waals surface area contributed by atoms with Gasteiger partial charge in [0.1, 0.15) is 0 Å². The average Bonchev–Trinajstić information content (AvgIpc) is 2.72. The van der Waals surface area contributed by atoms with Gasteiger partial charge >= 0.3 is 5.97 Å². The van der Waals surface area contributed by atoms with Gasteiger partial charge in [-0.1, -0.05) is 17.4 Å². The van der Waals surface area contributed by atoms with Gasteiger partial charge in [0.05, 0.1) is 11.5 Å². The summed E-state index contributed by atoms with van der Waals surface area (Å²) in [5, 5.41) is 9.29. The van der Waals surface area contributed by atoms with Gasteiger partial charge in [0.15, 0.2) is 10.8 Å². The van der Waals surface area contributed by atoms with E-state index in [9.17, 15) is 9.59 Å². The summed E-state index contributed by atoms with van der Waals surface area (Å²) < 4.78 is 5.40. The Kier molecular flexibility index (Phi) is 6.29. The number of rotatable bonds is 9. The molecule has 0 aromatic carbocycles. The zero-order valence-corrected chi connectivity index (χ0v) is 11.8. The monoisotopic (exact) mass is 282 g/mol. The first-order chi connectivity index (χ1) is 9.08. The van der Waals surface area contributed by atoms with Gasteiger partial charge in [-0.25, -0.2) is 0 Å². The molecule has 0 saturated carbocycles. The van der Waals surface area contributed by atoms with Crippen LogP contribution in [0.15, 0.2) is 18.7 Å². The number of Topliss-reactive ketones (excluding diaryl/α,β-unsaturated/α-hetero) is 1. The third kappa shape index (κ3) is 4.87. The number of hydrogen-bond donors (Lipinski definition) is 1. The molecule has 5 heteroatoms. The second kappa shape index (κ2) is 7.74. The van der Waals surface area contributed by atoms with Gasteiger partial charge in [0.2, 0.25) is 0 Å². The highest BCUT2D eigenvalue weighted by Gasteiger charge is 2.16. The van der Waals surface area contributed by atoms with Crippen LogP contribution < -0.4 is 4.74 Å². The van der Waals surface area contributed by atoms with E-state index in [0.29, 0.717) is 24.3 Å². The molecule has 0 aliphatic heterocycles. The van der Waals surface area contributed by atoms with Crippen LogP contribution in [0.25, 0.3) is 0 Å². The minimum Gasteiger partial charge on any atom is -0.484 e. The van der Waals surface area contributed by atoms with Crippen molar-refractivity contribution < 1.29 is 19.4 Å². The Hall–Kier alpha value is -1.62. The van der Waals surface area contributed by atoms with Crippen LogP contribution in [0.1, 0.15) is 41.4 Å². The van der Waals surface area contributed by atoms with E-state index >= 15 is 0 Å². The van der Waals surface area contributed by atoms with Crippen molar-refractivity contribution in [2.24, 2.45) is 0 Å². The second-order valence-corrected chi connectivity index (χ2v) is 5.03. The molecule has 1 N–H and O–H groups in total. The van der Waals surface area contributed by atoms with Gasteiger partial charge in [-0.2, -0.15) is 0 Å². The number of carbonyl (C=O) groups excluding carboxylic acids is 1. The van der Waals surface area contributed by atoms with Crippen LogP contribution in [-0.4, -0.2) is 23.5 Å². The molecular formula is C14H18O4S. The largest absolute Gasteiger partial charge is 0.484 e. The summed E-state index contributed by atoms with van der Waals surface area (Å²) in [5.74, 6) is -0.894. The molecular weight excluding hydrogens is 264 g/mol. The predicted octanol–water partition coefficient (Wildman–Crippen LogP) is 3.31. The van der Waals surface area contributed by atoms with Gasteiger partial charge in [-0.05, 0) is 31.4 Å². The molecule has 1 aromatic heterocycles. The topological polar surface area (TPSA) is 63.6 Å². The standard InChI is InChI=1S/C14H18O4S/c1-3-6-10-9-13(18-4-2)19-14(10)11(15)7-5-8-12(16)17/h3,9H,1,4-8H2,2H3,(H,16,17). The fraction of sp³-hybridized carbons (Fsp3) is 0.429. The van der Waals surface area contributed by atoms with Gasteiger partial charge in [0.25, 0.3) is 0 Å². The number of ether oxygens (including phenoxy) is 1. The second-order valence-electron chi connectivity index (χ2n) is 4.02. The smallest absolute Gasteiger partial charge is 0.303 e. The zero-order valence-electron chi connectivity index (χ0n) is 11.0. The lowest BCUT2D eigenvalue weighted by Crippen LogP contribution is -2.02. The van der Waals surface area contributed by atoms with Crippen molar-refractivity contribution in [1.82, 2.24) is 0 Å². The summed E-state index contributed by atoms with van der Waals surface area (Å²) in [7, 11) is 0. The molecule has 0 fully saturated rings. The first kappa shape index (κ1) is 15.4. The van der Waals surface area contributed by atoms with Crippen molar-refractivity contribution in [2.45, 2.75) is 32.6 Å². The van der Waals surface area contributed by atoms with E-state index in [-0.39, 0.29) is 18.6 Å². The molecule has 0 aliphatic rings. The van der Waals surface area contributed by atoms with Crippen molar-refractivity contribution in [3.63, 3.8) is 0 Å². The third-order valence-electron chi connectivity index (χ3n) is 2.48. The van der Waals surface area contributed by atoms with Crippen LogP contribution in [0.5, 0.6) is 5.06 Å². The van der Waals surface area contributed by atoms with Gasteiger partial charge in [-0.15, -0.1) is 6.58 Å². The van der Waals surface area contributed by atoms with Crippen LogP contribution >= 0.6 is 11.3 Å². The van der Waals surface area contributed by atoms with E-state index in [1.165, 1.54) is 11.3 Å². The van der Waals surface area contributed by atoms with Gasteiger partial charge < -0.3 is 9.84 Å². The molecule has 0 atom stereocenters. The Morgan fingerprint density at radius 1 is 1.47 bits per heavy atom. The summed E-state index contributed by atoms with van der Waals surface area (Å²) in [5.41, 5.74) is 0.906. The maximum absolute atomic E-state index is 12.1. The Balaban J connectivity index is 2.75. The maximum Gasteiger partial charge on any atom is 0.303 e. The molecule has 0 saturated heterocycles.